The Morgan fingerprint density at radius 2 is 2.11 bits per heavy atom. The number of aromatic nitrogens is 1. The van der Waals surface area contributed by atoms with E-state index in [1.807, 2.05) is 18.2 Å². The van der Waals surface area contributed by atoms with Crippen molar-refractivity contribution in [2.24, 2.45) is 0 Å². The fourth-order valence-electron chi connectivity index (χ4n) is 1.68. The zero-order chi connectivity index (χ0) is 13.7. The number of nitro groups is 1. The molecule has 1 aromatic heterocycles. The Balaban J connectivity index is 1.98. The van der Waals surface area contributed by atoms with Crippen LogP contribution in [0.2, 0.25) is 0 Å². The molecule has 1 heterocycles. The molecule has 0 aliphatic rings. The van der Waals surface area contributed by atoms with Gasteiger partial charge in [-0.25, -0.2) is 4.39 Å². The van der Waals surface area contributed by atoms with Crippen molar-refractivity contribution in [1.82, 2.24) is 10.3 Å². The van der Waals surface area contributed by atoms with Gasteiger partial charge in [-0.2, -0.15) is 0 Å². The number of benzene rings is 1. The quantitative estimate of drug-likeness (QED) is 0.663. The molecule has 0 saturated heterocycles. The highest BCUT2D eigenvalue weighted by molar-refractivity contribution is 5.35. The van der Waals surface area contributed by atoms with E-state index in [0.717, 1.165) is 11.8 Å². The lowest BCUT2D eigenvalue weighted by atomic mass is 10.2. The number of pyridine rings is 1. The van der Waals surface area contributed by atoms with Gasteiger partial charge in [-0.05, 0) is 23.8 Å². The van der Waals surface area contributed by atoms with E-state index in [2.05, 4.69) is 10.3 Å². The topological polar surface area (TPSA) is 68.1 Å². The zero-order valence-electron chi connectivity index (χ0n) is 10.0. The van der Waals surface area contributed by atoms with Crippen molar-refractivity contribution in [3.8, 4) is 0 Å². The van der Waals surface area contributed by atoms with Crippen molar-refractivity contribution < 1.29 is 9.31 Å². The molecule has 0 bridgehead atoms. The molecule has 0 aliphatic heterocycles. The Hall–Kier alpha value is -2.34. The summed E-state index contributed by atoms with van der Waals surface area (Å²) in [6.07, 6.45) is 1.68. The van der Waals surface area contributed by atoms with Gasteiger partial charge in [0.05, 0.1) is 16.7 Å². The van der Waals surface area contributed by atoms with Gasteiger partial charge in [0.1, 0.15) is 5.82 Å². The largest absolute Gasteiger partial charge is 0.307 e. The average Bonchev–Trinajstić information content (AvgIpc) is 2.39. The zero-order valence-corrected chi connectivity index (χ0v) is 10.0. The highest BCUT2D eigenvalue weighted by Crippen LogP contribution is 2.16. The molecule has 6 heteroatoms. The molecule has 5 nitrogen and oxygen atoms in total. The first-order valence-corrected chi connectivity index (χ1v) is 5.69. The van der Waals surface area contributed by atoms with Crippen LogP contribution in [-0.4, -0.2) is 9.91 Å². The lowest BCUT2D eigenvalue weighted by molar-refractivity contribution is -0.385. The number of hydrogen-bond acceptors (Lipinski definition) is 4. The number of nitrogens with one attached hydrogen (secondary N) is 1. The summed E-state index contributed by atoms with van der Waals surface area (Å²) in [5.41, 5.74) is 1.14. The van der Waals surface area contributed by atoms with Crippen molar-refractivity contribution in [2.75, 3.05) is 0 Å². The molecule has 0 unspecified atom stereocenters. The molecule has 0 spiro atoms. The number of hydrogen-bond donors (Lipinski definition) is 1. The summed E-state index contributed by atoms with van der Waals surface area (Å²) in [6, 6.07) is 9.09. The standard InChI is InChI=1S/C13H12FN3O2/c14-11-5-10(6-13(7-11)17(18)19)8-15-9-12-3-1-2-4-16-12/h1-7,15H,8-9H2. The summed E-state index contributed by atoms with van der Waals surface area (Å²) in [7, 11) is 0. The number of nitro benzene ring substituents is 1. The van der Waals surface area contributed by atoms with Gasteiger partial charge < -0.3 is 5.32 Å². The van der Waals surface area contributed by atoms with Gasteiger partial charge in [0, 0.05) is 25.4 Å². The van der Waals surface area contributed by atoms with E-state index >= 15 is 0 Å². The second-order valence-electron chi connectivity index (χ2n) is 4.00. The summed E-state index contributed by atoms with van der Waals surface area (Å²) in [5.74, 6) is -0.608. The molecule has 1 aromatic carbocycles. The van der Waals surface area contributed by atoms with E-state index in [0.29, 0.717) is 18.7 Å². The maximum Gasteiger partial charge on any atom is 0.272 e. The van der Waals surface area contributed by atoms with Gasteiger partial charge in [0.2, 0.25) is 0 Å². The van der Waals surface area contributed by atoms with Gasteiger partial charge in [0.25, 0.3) is 5.69 Å². The molecule has 0 atom stereocenters. The van der Waals surface area contributed by atoms with Crippen LogP contribution >= 0.6 is 0 Å². The Bertz CT molecular complexity index is 575. The summed E-state index contributed by atoms with van der Waals surface area (Å²) in [5, 5.41) is 13.7. The predicted octanol–water partition coefficient (Wildman–Crippen LogP) is 2.42. The summed E-state index contributed by atoms with van der Waals surface area (Å²) in [6.45, 7) is 0.861. The lowest BCUT2D eigenvalue weighted by Crippen LogP contribution is -2.13. The smallest absolute Gasteiger partial charge is 0.272 e. The van der Waals surface area contributed by atoms with Crippen LogP contribution in [-0.2, 0) is 13.1 Å². The molecule has 0 fully saturated rings. The molecular formula is C13H12FN3O2. The molecule has 0 saturated carbocycles. The summed E-state index contributed by atoms with van der Waals surface area (Å²) < 4.78 is 13.2. The van der Waals surface area contributed by atoms with Crippen LogP contribution in [0, 0.1) is 15.9 Å². The third-order valence-electron chi connectivity index (χ3n) is 2.51. The minimum Gasteiger partial charge on any atom is -0.307 e. The van der Waals surface area contributed by atoms with Crippen molar-refractivity contribution in [2.45, 2.75) is 13.1 Å². The number of non-ortho nitro benzene ring substituents is 1. The van der Waals surface area contributed by atoms with Crippen LogP contribution in [0.15, 0.2) is 42.6 Å². The second kappa shape index (κ2) is 6.01. The second-order valence-corrected chi connectivity index (χ2v) is 4.00. The SMILES string of the molecule is O=[N+]([O-])c1cc(F)cc(CNCc2ccccn2)c1. The van der Waals surface area contributed by atoms with Crippen molar-refractivity contribution in [1.29, 1.82) is 0 Å². The Morgan fingerprint density at radius 3 is 2.79 bits per heavy atom. The van der Waals surface area contributed by atoms with Crippen LogP contribution in [0.25, 0.3) is 0 Å². The van der Waals surface area contributed by atoms with Crippen molar-refractivity contribution in [3.63, 3.8) is 0 Å². The molecule has 19 heavy (non-hydrogen) atoms. The first kappa shape index (κ1) is 13.1. The van der Waals surface area contributed by atoms with Crippen LogP contribution in [0.5, 0.6) is 0 Å². The summed E-state index contributed by atoms with van der Waals surface area (Å²) in [4.78, 5) is 14.1. The molecule has 98 valence electrons. The Kier molecular flexibility index (Phi) is 4.15. The molecule has 1 N–H and O–H groups in total. The van der Waals surface area contributed by atoms with E-state index in [4.69, 9.17) is 0 Å². The first-order chi connectivity index (χ1) is 9.15. The van der Waals surface area contributed by atoms with Gasteiger partial charge in [-0.3, -0.25) is 15.1 Å². The van der Waals surface area contributed by atoms with Crippen LogP contribution in [0.4, 0.5) is 10.1 Å². The number of rotatable bonds is 5. The van der Waals surface area contributed by atoms with E-state index in [1.165, 1.54) is 12.1 Å². The Labute approximate surface area is 109 Å². The van der Waals surface area contributed by atoms with E-state index < -0.39 is 10.7 Å². The normalized spacial score (nSPS) is 10.4. The molecule has 0 aliphatic carbocycles. The van der Waals surface area contributed by atoms with Gasteiger partial charge in [-0.15, -0.1) is 0 Å². The number of halogens is 1. The summed E-state index contributed by atoms with van der Waals surface area (Å²) >= 11 is 0. The van der Waals surface area contributed by atoms with Crippen molar-refractivity contribution in [3.05, 3.63) is 69.8 Å². The van der Waals surface area contributed by atoms with Gasteiger partial charge in [0.15, 0.2) is 0 Å². The maximum atomic E-state index is 13.2. The minimum atomic E-state index is -0.608. The monoisotopic (exact) mass is 261 g/mol. The highest BCUT2D eigenvalue weighted by atomic mass is 19.1. The third-order valence-corrected chi connectivity index (χ3v) is 2.51. The van der Waals surface area contributed by atoms with E-state index in [-0.39, 0.29) is 5.69 Å². The van der Waals surface area contributed by atoms with E-state index in [1.54, 1.807) is 6.20 Å². The Morgan fingerprint density at radius 1 is 1.26 bits per heavy atom. The molecule has 2 rings (SSSR count). The van der Waals surface area contributed by atoms with Crippen LogP contribution < -0.4 is 5.32 Å². The van der Waals surface area contributed by atoms with Gasteiger partial charge >= 0.3 is 0 Å². The van der Waals surface area contributed by atoms with Gasteiger partial charge in [-0.1, -0.05) is 6.07 Å². The van der Waals surface area contributed by atoms with Crippen molar-refractivity contribution >= 4 is 5.69 Å². The molecule has 0 radical (unpaired) electrons. The van der Waals surface area contributed by atoms with E-state index in [9.17, 15) is 14.5 Å². The molecular weight excluding hydrogens is 249 g/mol. The fraction of sp³-hybridized carbons (Fsp3) is 0.154. The number of nitrogens with zero attached hydrogens (tertiary/aromatic N) is 2. The predicted molar refractivity (Wildman–Crippen MR) is 67.8 cm³/mol. The first-order valence-electron chi connectivity index (χ1n) is 5.69. The van der Waals surface area contributed by atoms with Crippen LogP contribution in [0.3, 0.4) is 0 Å². The third kappa shape index (κ3) is 3.82. The average molecular weight is 261 g/mol. The molecule has 0 amide bonds. The highest BCUT2D eigenvalue weighted by Gasteiger charge is 2.09. The maximum absolute atomic E-state index is 13.2. The minimum absolute atomic E-state index is 0.241. The molecule has 2 aromatic rings. The fourth-order valence-corrected chi connectivity index (χ4v) is 1.68. The van der Waals surface area contributed by atoms with Crippen LogP contribution in [0.1, 0.15) is 11.3 Å². The lowest BCUT2D eigenvalue weighted by Gasteiger charge is -2.04.